The minimum atomic E-state index is -0.594. The Hall–Kier alpha value is -2.20. The summed E-state index contributed by atoms with van der Waals surface area (Å²) in [6.45, 7) is 0.514. The van der Waals surface area contributed by atoms with E-state index in [0.717, 1.165) is 19.3 Å². The number of pyridine rings is 1. The average molecular weight is 276 g/mol. The van der Waals surface area contributed by atoms with E-state index in [1.165, 1.54) is 12.3 Å². The molecule has 1 fully saturated rings. The number of nitrogens with zero attached hydrogens (tertiary/aromatic N) is 3. The van der Waals surface area contributed by atoms with Crippen LogP contribution in [0.25, 0.3) is 0 Å². The Labute approximate surface area is 116 Å². The van der Waals surface area contributed by atoms with Crippen molar-refractivity contribution >= 4 is 11.5 Å². The number of rotatable bonds is 4. The third kappa shape index (κ3) is 3.22. The Morgan fingerprint density at radius 2 is 2.40 bits per heavy atom. The summed E-state index contributed by atoms with van der Waals surface area (Å²) in [5.74, 6) is 0.389. The number of nitriles is 1. The van der Waals surface area contributed by atoms with Gasteiger partial charge >= 0.3 is 5.69 Å². The van der Waals surface area contributed by atoms with Gasteiger partial charge in [-0.2, -0.15) is 5.26 Å². The van der Waals surface area contributed by atoms with Crippen LogP contribution in [-0.4, -0.2) is 27.7 Å². The van der Waals surface area contributed by atoms with Gasteiger partial charge in [0.15, 0.2) is 0 Å². The van der Waals surface area contributed by atoms with Crippen LogP contribution in [0.2, 0.25) is 0 Å². The molecule has 7 nitrogen and oxygen atoms in total. The van der Waals surface area contributed by atoms with Crippen molar-refractivity contribution in [2.75, 3.05) is 11.9 Å². The van der Waals surface area contributed by atoms with E-state index in [1.54, 1.807) is 6.07 Å². The first-order chi connectivity index (χ1) is 9.61. The molecule has 0 bridgehead atoms. The molecule has 1 aromatic heterocycles. The quantitative estimate of drug-likeness (QED) is 0.640. The molecule has 2 N–H and O–H groups in total. The van der Waals surface area contributed by atoms with Crippen LogP contribution >= 0.6 is 0 Å². The monoisotopic (exact) mass is 276 g/mol. The van der Waals surface area contributed by atoms with Crippen molar-refractivity contribution in [2.24, 2.45) is 5.92 Å². The number of nitro groups is 1. The molecule has 2 rings (SSSR count). The topological polar surface area (TPSA) is 112 Å². The van der Waals surface area contributed by atoms with Crippen molar-refractivity contribution in [2.45, 2.75) is 31.8 Å². The highest BCUT2D eigenvalue weighted by Crippen LogP contribution is 2.28. The molecule has 1 heterocycles. The first-order valence-corrected chi connectivity index (χ1v) is 6.57. The minimum absolute atomic E-state index is 0.00354. The Balaban J connectivity index is 2.09. The van der Waals surface area contributed by atoms with Crippen LogP contribution in [0.3, 0.4) is 0 Å². The molecule has 2 unspecified atom stereocenters. The number of aliphatic hydroxyl groups excluding tert-OH is 1. The second kappa shape index (κ2) is 6.30. The van der Waals surface area contributed by atoms with Gasteiger partial charge in [0.25, 0.3) is 0 Å². The zero-order valence-corrected chi connectivity index (χ0v) is 11.0. The maximum absolute atomic E-state index is 11.0. The summed E-state index contributed by atoms with van der Waals surface area (Å²) in [5, 5.41) is 32.5. The number of hydrogen-bond donors (Lipinski definition) is 2. The van der Waals surface area contributed by atoms with Crippen molar-refractivity contribution < 1.29 is 10.0 Å². The van der Waals surface area contributed by atoms with Gasteiger partial charge in [-0.25, -0.2) is 4.98 Å². The van der Waals surface area contributed by atoms with Gasteiger partial charge in [0, 0.05) is 12.7 Å². The second-order valence-corrected chi connectivity index (χ2v) is 4.99. The maximum Gasteiger partial charge on any atom is 0.328 e. The van der Waals surface area contributed by atoms with Gasteiger partial charge in [-0.15, -0.1) is 0 Å². The highest BCUT2D eigenvalue weighted by Gasteiger charge is 2.24. The van der Waals surface area contributed by atoms with E-state index in [2.05, 4.69) is 10.3 Å². The Bertz CT molecular complexity index is 541. The van der Waals surface area contributed by atoms with Crippen molar-refractivity contribution in [1.29, 1.82) is 5.26 Å². The van der Waals surface area contributed by atoms with Gasteiger partial charge in [-0.05, 0) is 31.2 Å². The van der Waals surface area contributed by atoms with Crippen LogP contribution in [0, 0.1) is 27.4 Å². The van der Waals surface area contributed by atoms with Crippen LogP contribution in [-0.2, 0) is 0 Å². The Kier molecular flexibility index (Phi) is 4.48. The maximum atomic E-state index is 11.0. The molecule has 1 saturated carbocycles. The molecule has 0 aliphatic heterocycles. The van der Waals surface area contributed by atoms with Crippen LogP contribution < -0.4 is 5.32 Å². The summed E-state index contributed by atoms with van der Waals surface area (Å²) < 4.78 is 0. The highest BCUT2D eigenvalue weighted by atomic mass is 16.6. The van der Waals surface area contributed by atoms with E-state index < -0.39 is 4.92 Å². The summed E-state index contributed by atoms with van der Waals surface area (Å²) in [5.41, 5.74) is -0.289. The van der Waals surface area contributed by atoms with Crippen molar-refractivity contribution in [3.63, 3.8) is 0 Å². The fraction of sp³-hybridized carbons (Fsp3) is 0.538. The second-order valence-electron chi connectivity index (χ2n) is 4.99. The van der Waals surface area contributed by atoms with Crippen molar-refractivity contribution in [3.8, 4) is 6.07 Å². The molecule has 0 amide bonds. The van der Waals surface area contributed by atoms with Gasteiger partial charge in [0.05, 0.1) is 11.0 Å². The molecule has 2 atom stereocenters. The highest BCUT2D eigenvalue weighted by molar-refractivity contribution is 5.64. The minimum Gasteiger partial charge on any atom is -0.393 e. The lowest BCUT2D eigenvalue weighted by Gasteiger charge is -2.25. The van der Waals surface area contributed by atoms with Gasteiger partial charge in [-0.3, -0.25) is 10.1 Å². The van der Waals surface area contributed by atoms with Gasteiger partial charge < -0.3 is 10.4 Å². The van der Waals surface area contributed by atoms with Crippen molar-refractivity contribution in [3.05, 3.63) is 27.9 Å². The van der Waals surface area contributed by atoms with E-state index in [-0.39, 0.29) is 29.1 Å². The lowest BCUT2D eigenvalue weighted by molar-refractivity contribution is -0.384. The standard InChI is InChI=1S/C13H16N4O3/c14-7-10-4-5-15-13(12(10)17(19)20)16-8-9-2-1-3-11(18)6-9/h4-5,9,11,18H,1-3,6,8H2,(H,15,16). The number of hydrogen-bond acceptors (Lipinski definition) is 6. The molecule has 0 radical (unpaired) electrons. The summed E-state index contributed by atoms with van der Waals surface area (Å²) in [6.07, 6.45) is 4.54. The summed E-state index contributed by atoms with van der Waals surface area (Å²) >= 11 is 0. The molecular weight excluding hydrogens is 260 g/mol. The van der Waals surface area contributed by atoms with Gasteiger partial charge in [-0.1, -0.05) is 6.42 Å². The number of aliphatic hydroxyl groups is 1. The first-order valence-electron chi connectivity index (χ1n) is 6.57. The summed E-state index contributed by atoms with van der Waals surface area (Å²) in [4.78, 5) is 14.4. The molecule has 1 aromatic rings. The third-order valence-electron chi connectivity index (χ3n) is 3.54. The fourth-order valence-corrected chi connectivity index (χ4v) is 2.55. The van der Waals surface area contributed by atoms with Crippen molar-refractivity contribution in [1.82, 2.24) is 4.98 Å². The molecular formula is C13H16N4O3. The van der Waals surface area contributed by atoms with E-state index in [1.807, 2.05) is 0 Å². The molecule has 1 aliphatic carbocycles. The molecule has 7 heteroatoms. The molecule has 20 heavy (non-hydrogen) atoms. The lowest BCUT2D eigenvalue weighted by Crippen LogP contribution is -2.25. The number of anilines is 1. The normalized spacial score (nSPS) is 22.0. The summed E-state index contributed by atoms with van der Waals surface area (Å²) in [6, 6.07) is 3.13. The van der Waals surface area contributed by atoms with Crippen LogP contribution in [0.4, 0.5) is 11.5 Å². The third-order valence-corrected chi connectivity index (χ3v) is 3.54. The molecule has 0 aromatic carbocycles. The fourth-order valence-electron chi connectivity index (χ4n) is 2.55. The number of aromatic nitrogens is 1. The van der Waals surface area contributed by atoms with Crippen LogP contribution in [0.15, 0.2) is 12.3 Å². The average Bonchev–Trinajstić information content (AvgIpc) is 2.44. The predicted molar refractivity (Wildman–Crippen MR) is 72.1 cm³/mol. The first kappa shape index (κ1) is 14.2. The van der Waals surface area contributed by atoms with Crippen LogP contribution in [0.5, 0.6) is 0 Å². The Morgan fingerprint density at radius 3 is 3.05 bits per heavy atom. The lowest BCUT2D eigenvalue weighted by atomic mass is 9.87. The van der Waals surface area contributed by atoms with Crippen LogP contribution in [0.1, 0.15) is 31.2 Å². The summed E-state index contributed by atoms with van der Waals surface area (Å²) in [7, 11) is 0. The predicted octanol–water partition coefficient (Wildman–Crippen LogP) is 1.82. The molecule has 0 saturated heterocycles. The van der Waals surface area contributed by atoms with E-state index in [0.29, 0.717) is 13.0 Å². The molecule has 106 valence electrons. The number of nitrogens with one attached hydrogen (secondary N) is 1. The van der Waals surface area contributed by atoms with E-state index in [9.17, 15) is 15.2 Å². The zero-order chi connectivity index (χ0) is 14.5. The van der Waals surface area contributed by atoms with E-state index >= 15 is 0 Å². The molecule has 0 spiro atoms. The smallest absolute Gasteiger partial charge is 0.328 e. The van der Waals surface area contributed by atoms with E-state index in [4.69, 9.17) is 5.26 Å². The van der Waals surface area contributed by atoms with Gasteiger partial charge in [0.2, 0.25) is 5.82 Å². The largest absolute Gasteiger partial charge is 0.393 e. The zero-order valence-electron chi connectivity index (χ0n) is 11.0. The SMILES string of the molecule is N#Cc1ccnc(NCC2CCCC(O)C2)c1[N+](=O)[O-]. The van der Waals surface area contributed by atoms with Gasteiger partial charge in [0.1, 0.15) is 11.6 Å². The molecule has 1 aliphatic rings. The Morgan fingerprint density at radius 1 is 1.60 bits per heavy atom.